The van der Waals surface area contributed by atoms with Crippen LogP contribution in [-0.4, -0.2) is 53.9 Å². The number of carbonyl (C=O) groups is 1. The number of aromatic nitrogens is 3. The molecule has 1 aromatic carbocycles. The van der Waals surface area contributed by atoms with Crippen molar-refractivity contribution in [2.24, 2.45) is 5.92 Å². The van der Waals surface area contributed by atoms with Crippen LogP contribution in [0.1, 0.15) is 10.4 Å². The molecule has 1 aliphatic heterocycles. The molecule has 1 fully saturated rings. The molecule has 9 heteroatoms. The molecule has 0 spiro atoms. The number of benzene rings is 1. The number of rotatable bonds is 5. The average Bonchev–Trinajstić information content (AvgIpc) is 3.02. The fourth-order valence-electron chi connectivity index (χ4n) is 2.46. The molecule has 1 aromatic heterocycles. The Balaban J connectivity index is 1.65. The number of carbonyl (C=O) groups excluding carboxylic acids is 1. The quantitative estimate of drug-likeness (QED) is 0.733. The Labute approximate surface area is 133 Å². The number of hydrogen-bond acceptors (Lipinski definition) is 6. The molecular formula is C14H16N4O4S. The van der Waals surface area contributed by atoms with Crippen LogP contribution in [0, 0.1) is 5.92 Å². The molecule has 1 saturated heterocycles. The molecule has 1 aliphatic rings. The van der Waals surface area contributed by atoms with Crippen molar-refractivity contribution in [2.45, 2.75) is 11.4 Å². The molecule has 2 heterocycles. The van der Waals surface area contributed by atoms with E-state index in [1.54, 1.807) is 17.1 Å². The monoisotopic (exact) mass is 336 g/mol. The van der Waals surface area contributed by atoms with Crippen molar-refractivity contribution in [2.75, 3.05) is 20.2 Å². The van der Waals surface area contributed by atoms with Gasteiger partial charge in [0, 0.05) is 31.7 Å². The fraction of sp³-hybridized carbons (Fsp3) is 0.357. The molecule has 0 N–H and O–H groups in total. The summed E-state index contributed by atoms with van der Waals surface area (Å²) in [6.07, 6.45) is 3.35. The second-order valence-electron chi connectivity index (χ2n) is 5.33. The molecule has 3 rings (SSSR count). The van der Waals surface area contributed by atoms with Crippen LogP contribution in [-0.2, 0) is 21.3 Å². The Kier molecular flexibility index (Phi) is 4.14. The topological polar surface area (TPSA) is 94.4 Å². The minimum Gasteiger partial charge on any atom is -0.465 e. The Morgan fingerprint density at radius 2 is 2.00 bits per heavy atom. The number of sulfonamides is 1. The van der Waals surface area contributed by atoms with Crippen molar-refractivity contribution in [3.8, 4) is 0 Å². The van der Waals surface area contributed by atoms with Gasteiger partial charge in [0.15, 0.2) is 0 Å². The van der Waals surface area contributed by atoms with Gasteiger partial charge in [-0.05, 0) is 24.3 Å². The Hall–Kier alpha value is -2.26. The molecule has 0 amide bonds. The summed E-state index contributed by atoms with van der Waals surface area (Å²) < 4.78 is 32.7. The third-order valence-corrected chi connectivity index (χ3v) is 5.60. The second-order valence-corrected chi connectivity index (χ2v) is 7.27. The van der Waals surface area contributed by atoms with Gasteiger partial charge in [0.2, 0.25) is 10.0 Å². The zero-order chi connectivity index (χ0) is 16.4. The van der Waals surface area contributed by atoms with E-state index in [9.17, 15) is 13.2 Å². The average molecular weight is 336 g/mol. The molecule has 0 atom stereocenters. The van der Waals surface area contributed by atoms with Gasteiger partial charge in [-0.25, -0.2) is 13.2 Å². The molecule has 0 saturated carbocycles. The van der Waals surface area contributed by atoms with Crippen molar-refractivity contribution in [1.82, 2.24) is 19.3 Å². The van der Waals surface area contributed by atoms with Crippen LogP contribution in [0.4, 0.5) is 0 Å². The predicted molar refractivity (Wildman–Crippen MR) is 80.1 cm³/mol. The summed E-state index contributed by atoms with van der Waals surface area (Å²) in [5.41, 5.74) is 0.319. The summed E-state index contributed by atoms with van der Waals surface area (Å²) in [6.45, 7) is 1.54. The van der Waals surface area contributed by atoms with Crippen molar-refractivity contribution < 1.29 is 17.9 Å². The predicted octanol–water partition coefficient (Wildman–Crippen LogP) is 0.385. The number of hydrogen-bond donors (Lipinski definition) is 0. The SMILES string of the molecule is COC(=O)c1ccc(S(=O)(=O)N2CC(Cn3ccnn3)C2)cc1. The molecule has 0 aliphatic carbocycles. The van der Waals surface area contributed by atoms with Crippen molar-refractivity contribution in [3.63, 3.8) is 0 Å². The Morgan fingerprint density at radius 1 is 1.30 bits per heavy atom. The van der Waals surface area contributed by atoms with Gasteiger partial charge < -0.3 is 4.74 Å². The normalized spacial score (nSPS) is 16.0. The van der Waals surface area contributed by atoms with E-state index >= 15 is 0 Å². The summed E-state index contributed by atoms with van der Waals surface area (Å²) in [5, 5.41) is 7.59. The van der Waals surface area contributed by atoms with Gasteiger partial charge in [-0.3, -0.25) is 4.68 Å². The second kappa shape index (κ2) is 6.09. The first-order valence-electron chi connectivity index (χ1n) is 7.03. The molecule has 2 aromatic rings. The van der Waals surface area contributed by atoms with Gasteiger partial charge in [0.1, 0.15) is 0 Å². The lowest BCUT2D eigenvalue weighted by Gasteiger charge is -2.37. The maximum absolute atomic E-state index is 12.5. The lowest BCUT2D eigenvalue weighted by Crippen LogP contribution is -2.51. The molecule has 0 unspecified atom stereocenters. The van der Waals surface area contributed by atoms with Crippen LogP contribution < -0.4 is 0 Å². The minimum absolute atomic E-state index is 0.171. The van der Waals surface area contributed by atoms with E-state index in [0.29, 0.717) is 25.2 Å². The van der Waals surface area contributed by atoms with Crippen LogP contribution >= 0.6 is 0 Å². The lowest BCUT2D eigenvalue weighted by molar-refractivity contribution is 0.0600. The Bertz CT molecular complexity index is 781. The molecule has 23 heavy (non-hydrogen) atoms. The maximum Gasteiger partial charge on any atom is 0.337 e. The highest BCUT2D eigenvalue weighted by atomic mass is 32.2. The van der Waals surface area contributed by atoms with Gasteiger partial charge in [-0.2, -0.15) is 4.31 Å². The molecule has 0 radical (unpaired) electrons. The lowest BCUT2D eigenvalue weighted by atomic mass is 10.0. The van der Waals surface area contributed by atoms with Crippen LogP contribution in [0.25, 0.3) is 0 Å². The summed E-state index contributed by atoms with van der Waals surface area (Å²) in [4.78, 5) is 11.5. The third-order valence-electron chi connectivity index (χ3n) is 3.75. The van der Waals surface area contributed by atoms with E-state index in [-0.39, 0.29) is 10.8 Å². The van der Waals surface area contributed by atoms with E-state index < -0.39 is 16.0 Å². The molecule has 8 nitrogen and oxygen atoms in total. The Morgan fingerprint density at radius 3 is 2.57 bits per heavy atom. The highest BCUT2D eigenvalue weighted by Gasteiger charge is 2.36. The summed E-state index contributed by atoms with van der Waals surface area (Å²) >= 11 is 0. The van der Waals surface area contributed by atoms with Crippen LogP contribution in [0.15, 0.2) is 41.6 Å². The van der Waals surface area contributed by atoms with E-state index in [2.05, 4.69) is 15.0 Å². The number of methoxy groups -OCH3 is 1. The van der Waals surface area contributed by atoms with Gasteiger partial charge in [-0.1, -0.05) is 5.21 Å². The smallest absolute Gasteiger partial charge is 0.337 e. The highest BCUT2D eigenvalue weighted by molar-refractivity contribution is 7.89. The van der Waals surface area contributed by atoms with Gasteiger partial charge in [-0.15, -0.1) is 5.10 Å². The summed E-state index contributed by atoms with van der Waals surface area (Å²) in [5.74, 6) is -0.272. The highest BCUT2D eigenvalue weighted by Crippen LogP contribution is 2.26. The fourth-order valence-corrected chi connectivity index (χ4v) is 4.05. The van der Waals surface area contributed by atoms with Crippen molar-refractivity contribution in [3.05, 3.63) is 42.2 Å². The first-order chi connectivity index (χ1) is 11.0. The molecular weight excluding hydrogens is 320 g/mol. The van der Waals surface area contributed by atoms with E-state index in [1.807, 2.05) is 0 Å². The number of esters is 1. The molecule has 0 bridgehead atoms. The largest absolute Gasteiger partial charge is 0.465 e. The third kappa shape index (κ3) is 3.10. The summed E-state index contributed by atoms with van der Waals surface area (Å²) in [6, 6.07) is 5.75. The summed E-state index contributed by atoms with van der Waals surface area (Å²) in [7, 11) is -2.25. The first kappa shape index (κ1) is 15.6. The number of nitrogens with zero attached hydrogens (tertiary/aromatic N) is 4. The van der Waals surface area contributed by atoms with Crippen molar-refractivity contribution in [1.29, 1.82) is 0 Å². The standard InChI is InChI=1S/C14H16N4O4S/c1-22-14(19)12-2-4-13(5-3-12)23(20,21)18-9-11(10-18)8-17-7-6-15-16-17/h2-7,11H,8-10H2,1H3. The van der Waals surface area contributed by atoms with Crippen LogP contribution in [0.3, 0.4) is 0 Å². The van der Waals surface area contributed by atoms with E-state index in [1.165, 1.54) is 35.7 Å². The molecule has 122 valence electrons. The van der Waals surface area contributed by atoms with Crippen LogP contribution in [0.5, 0.6) is 0 Å². The first-order valence-corrected chi connectivity index (χ1v) is 8.47. The zero-order valence-corrected chi connectivity index (χ0v) is 13.3. The van der Waals surface area contributed by atoms with Gasteiger partial charge in [0.05, 0.1) is 23.8 Å². The van der Waals surface area contributed by atoms with E-state index in [4.69, 9.17) is 0 Å². The van der Waals surface area contributed by atoms with Gasteiger partial charge >= 0.3 is 5.97 Å². The van der Waals surface area contributed by atoms with Crippen LogP contribution in [0.2, 0.25) is 0 Å². The van der Waals surface area contributed by atoms with Crippen molar-refractivity contribution >= 4 is 16.0 Å². The van der Waals surface area contributed by atoms with Gasteiger partial charge in [0.25, 0.3) is 0 Å². The minimum atomic E-state index is -3.53. The number of ether oxygens (including phenoxy) is 1. The maximum atomic E-state index is 12.5. The van der Waals surface area contributed by atoms with E-state index in [0.717, 1.165) is 0 Å². The zero-order valence-electron chi connectivity index (χ0n) is 12.5.